The number of aliphatic hydroxyl groups excluding tert-OH is 1. The number of rotatable bonds is 2. The molecule has 104 valence electrons. The number of fused-ring (bicyclic) bond motifs is 1. The maximum Gasteiger partial charge on any atom is 0.133 e. The van der Waals surface area contributed by atoms with Crippen LogP contribution in [-0.2, 0) is 13.0 Å². The van der Waals surface area contributed by atoms with Gasteiger partial charge in [-0.15, -0.1) is 0 Å². The number of benzene rings is 1. The number of hydrogen-bond acceptors (Lipinski definition) is 3. The molecule has 1 aliphatic heterocycles. The molecule has 20 heavy (non-hydrogen) atoms. The smallest absolute Gasteiger partial charge is 0.133 e. The number of para-hydroxylation sites is 1. The predicted molar refractivity (Wildman–Crippen MR) is 81.5 cm³/mol. The summed E-state index contributed by atoms with van der Waals surface area (Å²) in [5.41, 5.74) is 3.07. The number of aromatic nitrogens is 1. The molecule has 0 saturated heterocycles. The Bertz CT molecular complexity index is 630. The topological polar surface area (TPSA) is 36.4 Å². The first-order valence-electron chi connectivity index (χ1n) is 6.84. The van der Waals surface area contributed by atoms with Gasteiger partial charge < -0.3 is 10.0 Å². The minimum atomic E-state index is -0.142. The van der Waals surface area contributed by atoms with Gasteiger partial charge in [0.25, 0.3) is 0 Å². The lowest BCUT2D eigenvalue weighted by atomic mass is 9.96. The molecule has 2 heterocycles. The average Bonchev–Trinajstić information content (AvgIpc) is 2.48. The molecule has 3 rings (SSSR count). The zero-order valence-electron chi connectivity index (χ0n) is 11.4. The molecule has 3 nitrogen and oxygen atoms in total. The van der Waals surface area contributed by atoms with Crippen LogP contribution in [0.25, 0.3) is 0 Å². The average molecular weight is 289 g/mol. The third kappa shape index (κ3) is 2.28. The van der Waals surface area contributed by atoms with Gasteiger partial charge in [-0.2, -0.15) is 0 Å². The summed E-state index contributed by atoms with van der Waals surface area (Å²) in [6.07, 6.45) is 2.18. The molecule has 0 bridgehead atoms. The Labute approximate surface area is 123 Å². The SMILES string of the molecule is CC1CCc2ccccc2N1c1ccc(Cl)c(CO)n1. The summed E-state index contributed by atoms with van der Waals surface area (Å²) in [5.74, 6) is 0.845. The third-order valence-electron chi connectivity index (χ3n) is 3.82. The van der Waals surface area contributed by atoms with Gasteiger partial charge >= 0.3 is 0 Å². The van der Waals surface area contributed by atoms with Crippen molar-refractivity contribution in [3.63, 3.8) is 0 Å². The standard InChI is InChI=1S/C16H17ClN2O/c1-11-6-7-12-4-2-3-5-15(12)19(11)16-9-8-13(17)14(10-20)18-16/h2-5,8-9,11,20H,6-7,10H2,1H3. The van der Waals surface area contributed by atoms with E-state index in [1.54, 1.807) is 6.07 Å². The molecule has 0 radical (unpaired) electrons. The van der Waals surface area contributed by atoms with E-state index < -0.39 is 0 Å². The van der Waals surface area contributed by atoms with Crippen LogP contribution >= 0.6 is 11.6 Å². The van der Waals surface area contributed by atoms with Crippen LogP contribution in [0.2, 0.25) is 5.02 Å². The summed E-state index contributed by atoms with van der Waals surface area (Å²) >= 11 is 6.03. The van der Waals surface area contributed by atoms with E-state index in [2.05, 4.69) is 35.0 Å². The molecular weight excluding hydrogens is 272 g/mol. The number of pyridine rings is 1. The van der Waals surface area contributed by atoms with Crippen molar-refractivity contribution >= 4 is 23.1 Å². The zero-order chi connectivity index (χ0) is 14.1. The maximum absolute atomic E-state index is 9.34. The molecule has 1 atom stereocenters. The summed E-state index contributed by atoms with van der Waals surface area (Å²) in [6.45, 7) is 2.06. The minimum absolute atomic E-state index is 0.142. The molecule has 0 amide bonds. The first-order chi connectivity index (χ1) is 9.70. The van der Waals surface area contributed by atoms with E-state index in [0.29, 0.717) is 16.8 Å². The second-order valence-corrected chi connectivity index (χ2v) is 5.55. The molecule has 1 aromatic carbocycles. The monoisotopic (exact) mass is 288 g/mol. The normalized spacial score (nSPS) is 17.9. The van der Waals surface area contributed by atoms with E-state index >= 15 is 0 Å². The van der Waals surface area contributed by atoms with Crippen molar-refractivity contribution < 1.29 is 5.11 Å². The summed E-state index contributed by atoms with van der Waals surface area (Å²) in [7, 11) is 0. The molecule has 0 fully saturated rings. The Morgan fingerprint density at radius 1 is 1.30 bits per heavy atom. The van der Waals surface area contributed by atoms with Gasteiger partial charge in [-0.25, -0.2) is 4.98 Å². The van der Waals surface area contributed by atoms with Gasteiger partial charge in [-0.1, -0.05) is 29.8 Å². The van der Waals surface area contributed by atoms with E-state index in [1.807, 2.05) is 12.1 Å². The van der Waals surface area contributed by atoms with E-state index in [9.17, 15) is 5.11 Å². The number of nitrogens with zero attached hydrogens (tertiary/aromatic N) is 2. The molecular formula is C16H17ClN2O. The summed E-state index contributed by atoms with van der Waals surface area (Å²) < 4.78 is 0. The lowest BCUT2D eigenvalue weighted by Gasteiger charge is -2.36. The molecule has 1 N–H and O–H groups in total. The number of anilines is 2. The quantitative estimate of drug-likeness (QED) is 0.915. The molecule has 1 unspecified atom stereocenters. The van der Waals surface area contributed by atoms with Crippen LogP contribution in [0, 0.1) is 0 Å². The van der Waals surface area contributed by atoms with Crippen LogP contribution in [0.15, 0.2) is 36.4 Å². The fraction of sp³-hybridized carbons (Fsp3) is 0.312. The highest BCUT2D eigenvalue weighted by Crippen LogP contribution is 2.36. The second kappa shape index (κ2) is 5.43. The van der Waals surface area contributed by atoms with Gasteiger partial charge in [0.05, 0.1) is 17.3 Å². The molecule has 2 aromatic rings. The van der Waals surface area contributed by atoms with Crippen molar-refractivity contribution in [1.29, 1.82) is 0 Å². The van der Waals surface area contributed by atoms with Gasteiger partial charge in [0.2, 0.25) is 0 Å². The highest BCUT2D eigenvalue weighted by Gasteiger charge is 2.25. The highest BCUT2D eigenvalue weighted by molar-refractivity contribution is 6.31. The van der Waals surface area contributed by atoms with Gasteiger partial charge in [-0.05, 0) is 43.5 Å². The van der Waals surface area contributed by atoms with E-state index in [-0.39, 0.29) is 6.61 Å². The summed E-state index contributed by atoms with van der Waals surface area (Å²) in [4.78, 5) is 6.74. The minimum Gasteiger partial charge on any atom is -0.390 e. The predicted octanol–water partition coefficient (Wildman–Crippen LogP) is 3.70. The lowest BCUT2D eigenvalue weighted by Crippen LogP contribution is -2.33. The number of halogens is 1. The van der Waals surface area contributed by atoms with Crippen LogP contribution in [0.3, 0.4) is 0 Å². The fourth-order valence-corrected chi connectivity index (χ4v) is 2.92. The van der Waals surface area contributed by atoms with Crippen molar-refractivity contribution in [3.05, 3.63) is 52.7 Å². The first kappa shape index (κ1) is 13.4. The number of hydrogen-bond donors (Lipinski definition) is 1. The van der Waals surface area contributed by atoms with Crippen molar-refractivity contribution in [3.8, 4) is 0 Å². The van der Waals surface area contributed by atoms with E-state index in [4.69, 9.17) is 11.6 Å². The molecule has 1 aromatic heterocycles. The lowest BCUT2D eigenvalue weighted by molar-refractivity contribution is 0.277. The first-order valence-corrected chi connectivity index (χ1v) is 7.22. The van der Waals surface area contributed by atoms with Crippen LogP contribution in [0.1, 0.15) is 24.6 Å². The summed E-state index contributed by atoms with van der Waals surface area (Å²) in [5, 5.41) is 9.85. The Hall–Kier alpha value is -1.58. The molecule has 1 aliphatic rings. The van der Waals surface area contributed by atoms with Crippen molar-refractivity contribution in [2.45, 2.75) is 32.4 Å². The van der Waals surface area contributed by atoms with E-state index in [1.165, 1.54) is 11.3 Å². The molecule has 4 heteroatoms. The highest BCUT2D eigenvalue weighted by atomic mass is 35.5. The van der Waals surface area contributed by atoms with Gasteiger partial charge in [-0.3, -0.25) is 0 Å². The number of aryl methyl sites for hydroxylation is 1. The number of aliphatic hydroxyl groups is 1. The van der Waals surface area contributed by atoms with Crippen molar-refractivity contribution in [1.82, 2.24) is 4.98 Å². The summed E-state index contributed by atoms with van der Waals surface area (Å²) in [6, 6.07) is 12.5. The van der Waals surface area contributed by atoms with Crippen LogP contribution in [-0.4, -0.2) is 16.1 Å². The zero-order valence-corrected chi connectivity index (χ0v) is 12.1. The Morgan fingerprint density at radius 3 is 2.90 bits per heavy atom. The largest absolute Gasteiger partial charge is 0.390 e. The fourth-order valence-electron chi connectivity index (χ4n) is 2.76. The van der Waals surface area contributed by atoms with Crippen LogP contribution in [0.4, 0.5) is 11.5 Å². The van der Waals surface area contributed by atoms with Crippen LogP contribution in [0.5, 0.6) is 0 Å². The molecule has 0 aliphatic carbocycles. The van der Waals surface area contributed by atoms with Gasteiger partial charge in [0.15, 0.2) is 0 Å². The van der Waals surface area contributed by atoms with Crippen molar-refractivity contribution in [2.24, 2.45) is 0 Å². The molecule has 0 saturated carbocycles. The van der Waals surface area contributed by atoms with Crippen molar-refractivity contribution in [2.75, 3.05) is 4.90 Å². The van der Waals surface area contributed by atoms with E-state index in [0.717, 1.165) is 18.7 Å². The van der Waals surface area contributed by atoms with Crippen LogP contribution < -0.4 is 4.90 Å². The van der Waals surface area contributed by atoms with Gasteiger partial charge in [0, 0.05) is 11.7 Å². The maximum atomic E-state index is 9.34. The molecule has 0 spiro atoms. The Morgan fingerprint density at radius 2 is 2.10 bits per heavy atom. The Kier molecular flexibility index (Phi) is 3.64. The third-order valence-corrected chi connectivity index (χ3v) is 4.17. The van der Waals surface area contributed by atoms with Gasteiger partial charge in [0.1, 0.15) is 5.82 Å². The Balaban J connectivity index is 2.09. The second-order valence-electron chi connectivity index (χ2n) is 5.14.